The summed E-state index contributed by atoms with van der Waals surface area (Å²) in [5.74, 6) is 0.513. The van der Waals surface area contributed by atoms with E-state index in [-0.39, 0.29) is 24.0 Å². The van der Waals surface area contributed by atoms with Gasteiger partial charge in [0, 0.05) is 33.3 Å². The molecular weight excluding hydrogens is 357 g/mol. The molecule has 1 fully saturated rings. The molecule has 0 bridgehead atoms. The molecule has 1 aliphatic rings. The predicted molar refractivity (Wildman–Crippen MR) is 90.3 cm³/mol. The van der Waals surface area contributed by atoms with Crippen LogP contribution in [0.25, 0.3) is 0 Å². The summed E-state index contributed by atoms with van der Waals surface area (Å²) in [5.41, 5.74) is 5.74. The van der Waals surface area contributed by atoms with E-state index >= 15 is 0 Å². The minimum absolute atomic E-state index is 0. The van der Waals surface area contributed by atoms with E-state index in [0.717, 1.165) is 32.7 Å². The van der Waals surface area contributed by atoms with E-state index in [4.69, 9.17) is 10.5 Å². The third kappa shape index (κ3) is 9.42. The van der Waals surface area contributed by atoms with Gasteiger partial charge in [-0.3, -0.25) is 4.99 Å². The fourth-order valence-electron chi connectivity index (χ4n) is 1.97. The fraction of sp³-hybridized carbons (Fsp3) is 0.917. The van der Waals surface area contributed by atoms with Crippen LogP contribution in [0.2, 0.25) is 0 Å². The number of nitrogens with zero attached hydrogens (tertiary/aromatic N) is 3. The number of guanidine groups is 1. The molecule has 6 nitrogen and oxygen atoms in total. The van der Waals surface area contributed by atoms with E-state index in [1.165, 1.54) is 13.0 Å². The van der Waals surface area contributed by atoms with Crippen LogP contribution in [0.1, 0.15) is 6.42 Å². The number of hydrogen-bond donors (Lipinski definition) is 2. The molecule has 1 saturated heterocycles. The van der Waals surface area contributed by atoms with Gasteiger partial charge < -0.3 is 25.6 Å². The van der Waals surface area contributed by atoms with Crippen molar-refractivity contribution >= 4 is 29.9 Å². The summed E-state index contributed by atoms with van der Waals surface area (Å²) in [6.07, 6.45) is 1.24. The third-order valence-electron chi connectivity index (χ3n) is 3.12. The molecule has 0 spiro atoms. The van der Waals surface area contributed by atoms with Crippen LogP contribution in [0.5, 0.6) is 0 Å². The van der Waals surface area contributed by atoms with Gasteiger partial charge in [-0.1, -0.05) is 0 Å². The second kappa shape index (κ2) is 11.7. The molecular formula is C12H28IN5O. The Bertz CT molecular complexity index is 252. The molecule has 0 aromatic heterocycles. The molecule has 0 atom stereocenters. The van der Waals surface area contributed by atoms with Crippen LogP contribution in [-0.2, 0) is 4.74 Å². The maximum absolute atomic E-state index is 5.74. The van der Waals surface area contributed by atoms with Crippen molar-refractivity contribution in [2.75, 3.05) is 66.6 Å². The smallest absolute Gasteiger partial charge is 0.188 e. The Morgan fingerprint density at radius 2 is 2.11 bits per heavy atom. The summed E-state index contributed by atoms with van der Waals surface area (Å²) in [5, 5.41) is 3.02. The molecule has 0 aliphatic carbocycles. The zero-order chi connectivity index (χ0) is 13.2. The summed E-state index contributed by atoms with van der Waals surface area (Å²) >= 11 is 0. The minimum Gasteiger partial charge on any atom is -0.383 e. The standard InChI is InChI=1S/C12H27N5O.HI/c1-16-6-3-7-17(10-9-16)8-4-14-12(13)15-5-11-18-2;/h3-11H2,1-2H3,(H3,13,14,15);1H. The van der Waals surface area contributed by atoms with Crippen molar-refractivity contribution < 1.29 is 4.74 Å². The topological polar surface area (TPSA) is 66.1 Å². The van der Waals surface area contributed by atoms with E-state index < -0.39 is 0 Å². The quantitative estimate of drug-likeness (QED) is 0.287. The number of nitrogens with two attached hydrogens (primary N) is 1. The summed E-state index contributed by atoms with van der Waals surface area (Å²) in [6.45, 7) is 7.73. The average molecular weight is 385 g/mol. The van der Waals surface area contributed by atoms with Gasteiger partial charge in [0.2, 0.25) is 0 Å². The molecule has 0 aromatic rings. The molecule has 3 N–H and O–H groups in total. The number of methoxy groups -OCH3 is 1. The van der Waals surface area contributed by atoms with Crippen LogP contribution in [0.15, 0.2) is 4.99 Å². The van der Waals surface area contributed by atoms with Gasteiger partial charge in [0.15, 0.2) is 5.96 Å². The van der Waals surface area contributed by atoms with Gasteiger partial charge in [-0.2, -0.15) is 0 Å². The lowest BCUT2D eigenvalue weighted by atomic mass is 10.4. The molecule has 0 aromatic carbocycles. The first-order valence-corrected chi connectivity index (χ1v) is 6.66. The minimum atomic E-state index is 0. The van der Waals surface area contributed by atoms with Crippen molar-refractivity contribution in [3.8, 4) is 0 Å². The zero-order valence-electron chi connectivity index (χ0n) is 12.1. The SMILES string of the molecule is COCCNC(N)=NCCN1CCCN(C)CC1.I. The normalized spacial score (nSPS) is 18.7. The van der Waals surface area contributed by atoms with Crippen molar-refractivity contribution in [2.24, 2.45) is 10.7 Å². The highest BCUT2D eigenvalue weighted by atomic mass is 127. The van der Waals surface area contributed by atoms with Gasteiger partial charge in [0.05, 0.1) is 13.2 Å². The van der Waals surface area contributed by atoms with Crippen LogP contribution < -0.4 is 11.1 Å². The van der Waals surface area contributed by atoms with Crippen LogP contribution in [-0.4, -0.2) is 82.3 Å². The molecule has 1 aliphatic heterocycles. The molecule has 1 rings (SSSR count). The Balaban J connectivity index is 0.00000324. The zero-order valence-corrected chi connectivity index (χ0v) is 14.4. The number of nitrogens with one attached hydrogen (secondary N) is 1. The number of aliphatic imine (C=N–C) groups is 1. The van der Waals surface area contributed by atoms with Crippen molar-refractivity contribution in [1.29, 1.82) is 0 Å². The van der Waals surface area contributed by atoms with E-state index in [9.17, 15) is 0 Å². The molecule has 0 saturated carbocycles. The van der Waals surface area contributed by atoms with Crippen LogP contribution in [0, 0.1) is 0 Å². The Labute approximate surface area is 133 Å². The average Bonchev–Trinajstić information content (AvgIpc) is 2.55. The number of likely N-dealkylation sites (N-methyl/N-ethyl adjacent to an activating group) is 1. The second-order valence-electron chi connectivity index (χ2n) is 4.69. The summed E-state index contributed by atoms with van der Waals surface area (Å²) in [7, 11) is 3.85. The van der Waals surface area contributed by atoms with E-state index in [1.54, 1.807) is 7.11 Å². The van der Waals surface area contributed by atoms with Gasteiger partial charge in [-0.05, 0) is 26.6 Å². The van der Waals surface area contributed by atoms with E-state index in [1.807, 2.05) is 0 Å². The van der Waals surface area contributed by atoms with Gasteiger partial charge in [0.1, 0.15) is 0 Å². The molecule has 7 heteroatoms. The van der Waals surface area contributed by atoms with Crippen molar-refractivity contribution in [1.82, 2.24) is 15.1 Å². The maximum atomic E-state index is 5.74. The maximum Gasteiger partial charge on any atom is 0.188 e. The van der Waals surface area contributed by atoms with Gasteiger partial charge in [0.25, 0.3) is 0 Å². The first-order valence-electron chi connectivity index (χ1n) is 6.66. The number of halogens is 1. The lowest BCUT2D eigenvalue weighted by Crippen LogP contribution is -2.35. The molecule has 0 radical (unpaired) electrons. The second-order valence-corrected chi connectivity index (χ2v) is 4.69. The Morgan fingerprint density at radius 1 is 1.32 bits per heavy atom. The molecule has 114 valence electrons. The van der Waals surface area contributed by atoms with Crippen molar-refractivity contribution in [2.45, 2.75) is 6.42 Å². The van der Waals surface area contributed by atoms with Crippen LogP contribution >= 0.6 is 24.0 Å². The fourth-order valence-corrected chi connectivity index (χ4v) is 1.97. The van der Waals surface area contributed by atoms with Gasteiger partial charge in [-0.25, -0.2) is 0 Å². The highest BCUT2D eigenvalue weighted by Crippen LogP contribution is 2.00. The number of rotatable bonds is 6. The van der Waals surface area contributed by atoms with Crippen molar-refractivity contribution in [3.63, 3.8) is 0 Å². The molecule has 1 heterocycles. The predicted octanol–water partition coefficient (Wildman–Crippen LogP) is -0.207. The first kappa shape index (κ1) is 18.9. The lowest BCUT2D eigenvalue weighted by molar-refractivity contribution is 0.204. The molecule has 0 amide bonds. The van der Waals surface area contributed by atoms with Gasteiger partial charge in [-0.15, -0.1) is 24.0 Å². The molecule has 0 unspecified atom stereocenters. The Hall–Kier alpha value is -0.120. The molecule has 19 heavy (non-hydrogen) atoms. The van der Waals surface area contributed by atoms with Crippen molar-refractivity contribution in [3.05, 3.63) is 0 Å². The number of ether oxygens (including phenoxy) is 1. The van der Waals surface area contributed by atoms with Crippen LogP contribution in [0.4, 0.5) is 0 Å². The largest absolute Gasteiger partial charge is 0.383 e. The lowest BCUT2D eigenvalue weighted by Gasteiger charge is -2.18. The van der Waals surface area contributed by atoms with Gasteiger partial charge >= 0.3 is 0 Å². The monoisotopic (exact) mass is 385 g/mol. The Kier molecular flexibility index (Phi) is 11.6. The first-order chi connectivity index (χ1) is 8.72. The number of hydrogen-bond acceptors (Lipinski definition) is 4. The highest BCUT2D eigenvalue weighted by Gasteiger charge is 2.10. The highest BCUT2D eigenvalue weighted by molar-refractivity contribution is 14.0. The summed E-state index contributed by atoms with van der Waals surface area (Å²) < 4.78 is 4.93. The third-order valence-corrected chi connectivity index (χ3v) is 3.12. The Morgan fingerprint density at radius 3 is 2.84 bits per heavy atom. The summed E-state index contributed by atoms with van der Waals surface area (Å²) in [4.78, 5) is 9.14. The van der Waals surface area contributed by atoms with Crippen LogP contribution in [0.3, 0.4) is 0 Å². The summed E-state index contributed by atoms with van der Waals surface area (Å²) in [6, 6.07) is 0. The van der Waals surface area contributed by atoms with E-state index in [0.29, 0.717) is 19.1 Å². The van der Waals surface area contributed by atoms with E-state index in [2.05, 4.69) is 27.2 Å².